The summed E-state index contributed by atoms with van der Waals surface area (Å²) in [6.45, 7) is -0.330. The van der Waals surface area contributed by atoms with E-state index in [1.807, 2.05) is 24.3 Å². The SMILES string of the molecule is O=C(NCc1ccc(C2OC(CSc3ncccn3)CC(c3ccc(CO)cc3)O2)cc1)c1c(F)c(F)c(F)c(F)c1F. The van der Waals surface area contributed by atoms with E-state index in [1.54, 1.807) is 42.7 Å². The van der Waals surface area contributed by atoms with Gasteiger partial charge in [-0.05, 0) is 22.8 Å². The first-order chi connectivity index (χ1) is 20.7. The molecule has 1 aromatic heterocycles. The lowest BCUT2D eigenvalue weighted by atomic mass is 10.0. The average molecular weight is 618 g/mol. The maximum absolute atomic E-state index is 14.0. The fourth-order valence-corrected chi connectivity index (χ4v) is 5.24. The molecule has 3 unspecified atom stereocenters. The minimum atomic E-state index is -2.34. The van der Waals surface area contributed by atoms with Crippen molar-refractivity contribution in [1.29, 1.82) is 0 Å². The second-order valence-electron chi connectivity index (χ2n) is 9.56. The standard InChI is InChI=1S/C30H24F5N3O4S/c31-23-22(24(32)26(34)27(35)25(23)33)28(40)38-13-16-2-8-19(9-3-16)29-41-20(15-43-30-36-10-1-11-37-30)12-21(42-29)18-6-4-17(14-39)5-7-18/h1-11,20-21,29,39H,12-15H2,(H,38,40). The predicted octanol–water partition coefficient (Wildman–Crippen LogP) is 5.93. The highest BCUT2D eigenvalue weighted by atomic mass is 32.2. The number of aliphatic hydroxyl groups excluding tert-OH is 1. The molecule has 0 radical (unpaired) electrons. The molecule has 1 saturated heterocycles. The highest BCUT2D eigenvalue weighted by Crippen LogP contribution is 2.39. The van der Waals surface area contributed by atoms with Crippen LogP contribution in [0.25, 0.3) is 0 Å². The number of aliphatic hydroxyl groups is 1. The highest BCUT2D eigenvalue weighted by Gasteiger charge is 2.33. The van der Waals surface area contributed by atoms with E-state index in [1.165, 1.54) is 11.8 Å². The van der Waals surface area contributed by atoms with Crippen LogP contribution in [0.2, 0.25) is 0 Å². The Kier molecular flexibility index (Phi) is 9.65. The van der Waals surface area contributed by atoms with Crippen molar-refractivity contribution in [3.63, 3.8) is 0 Å². The third-order valence-corrected chi connectivity index (χ3v) is 7.70. The van der Waals surface area contributed by atoms with Crippen LogP contribution >= 0.6 is 11.8 Å². The monoisotopic (exact) mass is 617 g/mol. The van der Waals surface area contributed by atoms with Crippen LogP contribution in [0.5, 0.6) is 0 Å². The Morgan fingerprint density at radius 3 is 2.05 bits per heavy atom. The first-order valence-corrected chi connectivity index (χ1v) is 14.0. The first-order valence-electron chi connectivity index (χ1n) is 13.0. The van der Waals surface area contributed by atoms with E-state index in [2.05, 4.69) is 15.3 Å². The summed E-state index contributed by atoms with van der Waals surface area (Å²) in [7, 11) is 0. The number of aromatic nitrogens is 2. The van der Waals surface area contributed by atoms with Crippen molar-refractivity contribution in [3.8, 4) is 0 Å². The molecular formula is C30H24F5N3O4S. The summed E-state index contributed by atoms with van der Waals surface area (Å²) in [5, 5.41) is 12.2. The quantitative estimate of drug-likeness (QED) is 0.0791. The number of thioether (sulfide) groups is 1. The minimum absolute atomic E-state index is 0.0811. The molecule has 43 heavy (non-hydrogen) atoms. The molecule has 1 aliphatic heterocycles. The van der Waals surface area contributed by atoms with Gasteiger partial charge in [0.05, 0.1) is 18.8 Å². The predicted molar refractivity (Wildman–Crippen MR) is 145 cm³/mol. The molecule has 13 heteroatoms. The molecule has 2 N–H and O–H groups in total. The largest absolute Gasteiger partial charge is 0.392 e. The molecule has 0 bridgehead atoms. The number of ether oxygens (including phenoxy) is 2. The summed E-state index contributed by atoms with van der Waals surface area (Å²) < 4.78 is 80.8. The van der Waals surface area contributed by atoms with E-state index in [4.69, 9.17) is 9.47 Å². The molecule has 1 aliphatic rings. The van der Waals surface area contributed by atoms with E-state index >= 15 is 0 Å². The third-order valence-electron chi connectivity index (χ3n) is 6.70. The van der Waals surface area contributed by atoms with Crippen molar-refractivity contribution in [2.45, 2.75) is 43.2 Å². The Morgan fingerprint density at radius 2 is 1.42 bits per heavy atom. The third kappa shape index (κ3) is 7.02. The van der Waals surface area contributed by atoms with Gasteiger partial charge in [0, 0.05) is 36.7 Å². The average Bonchev–Trinajstić information content (AvgIpc) is 3.05. The van der Waals surface area contributed by atoms with Crippen LogP contribution in [0, 0.1) is 29.1 Å². The van der Waals surface area contributed by atoms with Gasteiger partial charge in [0.25, 0.3) is 5.91 Å². The maximum atomic E-state index is 14.0. The fourth-order valence-electron chi connectivity index (χ4n) is 4.42. The van der Waals surface area contributed by atoms with E-state index in [9.17, 15) is 31.9 Å². The van der Waals surface area contributed by atoms with Gasteiger partial charge in [-0.3, -0.25) is 4.79 Å². The van der Waals surface area contributed by atoms with Crippen molar-refractivity contribution >= 4 is 17.7 Å². The van der Waals surface area contributed by atoms with Crippen molar-refractivity contribution < 1.29 is 41.3 Å². The summed E-state index contributed by atoms with van der Waals surface area (Å²) in [5.41, 5.74) is 1.26. The van der Waals surface area contributed by atoms with Gasteiger partial charge in [-0.1, -0.05) is 60.3 Å². The van der Waals surface area contributed by atoms with E-state index in [0.717, 1.165) is 11.1 Å². The summed E-state index contributed by atoms with van der Waals surface area (Å²) >= 11 is 1.44. The van der Waals surface area contributed by atoms with Crippen molar-refractivity contribution in [2.24, 2.45) is 0 Å². The van der Waals surface area contributed by atoms with E-state index in [-0.39, 0.29) is 25.4 Å². The number of halogens is 5. The van der Waals surface area contributed by atoms with Crippen LogP contribution in [0.4, 0.5) is 22.0 Å². The molecule has 3 atom stereocenters. The van der Waals surface area contributed by atoms with Crippen LogP contribution in [0.15, 0.2) is 72.1 Å². The van der Waals surface area contributed by atoms with Crippen LogP contribution < -0.4 is 5.32 Å². The summed E-state index contributed by atoms with van der Waals surface area (Å²) in [5.74, 6) is -12.0. The van der Waals surface area contributed by atoms with E-state index < -0.39 is 46.8 Å². The van der Waals surface area contributed by atoms with Gasteiger partial charge in [0.15, 0.2) is 34.7 Å². The molecule has 224 valence electrons. The number of hydrogen-bond acceptors (Lipinski definition) is 7. The number of nitrogens with zero attached hydrogens (tertiary/aromatic N) is 2. The Hall–Kier alpha value is -3.91. The molecule has 0 spiro atoms. The van der Waals surface area contributed by atoms with Crippen LogP contribution in [-0.4, -0.2) is 32.8 Å². The molecule has 2 heterocycles. The maximum Gasteiger partial charge on any atom is 0.257 e. The molecule has 1 amide bonds. The molecule has 0 saturated carbocycles. The second-order valence-corrected chi connectivity index (χ2v) is 10.5. The lowest BCUT2D eigenvalue weighted by molar-refractivity contribution is -0.245. The van der Waals surface area contributed by atoms with Crippen LogP contribution in [0.1, 0.15) is 51.4 Å². The van der Waals surface area contributed by atoms with Gasteiger partial charge >= 0.3 is 0 Å². The molecule has 5 rings (SSSR count). The van der Waals surface area contributed by atoms with Gasteiger partial charge in [0.1, 0.15) is 5.56 Å². The zero-order chi connectivity index (χ0) is 30.5. The molecule has 7 nitrogen and oxygen atoms in total. The van der Waals surface area contributed by atoms with Crippen LogP contribution in [0.3, 0.4) is 0 Å². The first kappa shape index (κ1) is 30.5. The van der Waals surface area contributed by atoms with Crippen molar-refractivity contribution in [2.75, 3.05) is 5.75 Å². The van der Waals surface area contributed by atoms with Gasteiger partial charge in [-0.2, -0.15) is 0 Å². The van der Waals surface area contributed by atoms with Gasteiger partial charge in [0.2, 0.25) is 5.82 Å². The van der Waals surface area contributed by atoms with Gasteiger partial charge < -0.3 is 19.9 Å². The topological polar surface area (TPSA) is 93.6 Å². The normalized spacial score (nSPS) is 18.4. The molecular weight excluding hydrogens is 593 g/mol. The number of nitrogens with one attached hydrogen (secondary N) is 1. The van der Waals surface area contributed by atoms with E-state index in [0.29, 0.717) is 28.5 Å². The Balaban J connectivity index is 1.28. The van der Waals surface area contributed by atoms with Crippen molar-refractivity contribution in [3.05, 3.63) is 124 Å². The summed E-state index contributed by atoms with van der Waals surface area (Å²) in [4.78, 5) is 20.8. The van der Waals surface area contributed by atoms with Gasteiger partial charge in [-0.15, -0.1) is 0 Å². The van der Waals surface area contributed by atoms with Crippen molar-refractivity contribution in [1.82, 2.24) is 15.3 Å². The molecule has 1 fully saturated rings. The number of carbonyl (C=O) groups excluding carboxylic acids is 1. The van der Waals surface area contributed by atoms with Crippen LogP contribution in [-0.2, 0) is 22.6 Å². The molecule has 3 aromatic carbocycles. The number of carbonyl (C=O) groups is 1. The molecule has 0 aliphatic carbocycles. The number of amides is 1. The zero-order valence-electron chi connectivity index (χ0n) is 22.3. The smallest absolute Gasteiger partial charge is 0.257 e. The summed E-state index contributed by atoms with van der Waals surface area (Å²) in [6, 6.07) is 15.7. The number of rotatable bonds is 9. The Bertz CT molecular complexity index is 1550. The summed E-state index contributed by atoms with van der Waals surface area (Å²) in [6.07, 6.45) is 2.53. The number of benzene rings is 3. The number of hydrogen-bond donors (Lipinski definition) is 2. The Morgan fingerprint density at radius 1 is 0.837 bits per heavy atom. The fraction of sp³-hybridized carbons (Fsp3) is 0.233. The van der Waals surface area contributed by atoms with Gasteiger partial charge in [-0.25, -0.2) is 31.9 Å². The minimum Gasteiger partial charge on any atom is -0.392 e. The molecule has 4 aromatic rings. The second kappa shape index (κ2) is 13.6. The lowest BCUT2D eigenvalue weighted by Crippen LogP contribution is -2.31. The Labute approximate surface area is 247 Å². The lowest BCUT2D eigenvalue weighted by Gasteiger charge is -2.36. The highest BCUT2D eigenvalue weighted by molar-refractivity contribution is 7.99. The zero-order valence-corrected chi connectivity index (χ0v) is 23.1.